The fourth-order valence-electron chi connectivity index (χ4n) is 2.09. The van der Waals surface area contributed by atoms with Gasteiger partial charge in [0, 0.05) is 26.7 Å². The summed E-state index contributed by atoms with van der Waals surface area (Å²) in [4.78, 5) is 2.41. The van der Waals surface area contributed by atoms with E-state index in [1.54, 1.807) is 7.11 Å². The Labute approximate surface area is 97.4 Å². The lowest BCUT2D eigenvalue weighted by Crippen LogP contribution is -2.32. The summed E-state index contributed by atoms with van der Waals surface area (Å²) < 4.78 is 5.35. The summed E-state index contributed by atoms with van der Waals surface area (Å²) >= 11 is 0. The van der Waals surface area contributed by atoms with E-state index in [2.05, 4.69) is 41.4 Å². The van der Waals surface area contributed by atoms with Crippen LogP contribution in [0.5, 0.6) is 0 Å². The third kappa shape index (κ3) is 2.47. The number of ether oxygens (including phenoxy) is 1. The number of anilines is 2. The topological polar surface area (TPSA) is 24.5 Å². The van der Waals surface area contributed by atoms with Crippen LogP contribution in [0.25, 0.3) is 0 Å². The van der Waals surface area contributed by atoms with E-state index in [4.69, 9.17) is 4.74 Å². The van der Waals surface area contributed by atoms with Gasteiger partial charge in [-0.1, -0.05) is 12.1 Å². The first kappa shape index (κ1) is 11.3. The quantitative estimate of drug-likeness (QED) is 0.846. The summed E-state index contributed by atoms with van der Waals surface area (Å²) in [7, 11) is 1.77. The SMILES string of the molecule is COC(C)CN1CCCNc2ccccc21. The first-order chi connectivity index (χ1) is 7.81. The van der Waals surface area contributed by atoms with Crippen molar-refractivity contribution in [3.63, 3.8) is 0 Å². The number of benzene rings is 1. The lowest BCUT2D eigenvalue weighted by molar-refractivity contribution is 0.123. The van der Waals surface area contributed by atoms with Gasteiger partial charge in [-0.3, -0.25) is 0 Å². The van der Waals surface area contributed by atoms with Gasteiger partial charge in [-0.2, -0.15) is 0 Å². The molecule has 3 heteroatoms. The maximum Gasteiger partial charge on any atom is 0.0718 e. The molecule has 0 saturated heterocycles. The highest BCUT2D eigenvalue weighted by Gasteiger charge is 2.16. The summed E-state index contributed by atoms with van der Waals surface area (Å²) in [6.45, 7) is 5.21. The number of hydrogen-bond acceptors (Lipinski definition) is 3. The van der Waals surface area contributed by atoms with E-state index in [0.717, 1.165) is 19.6 Å². The highest BCUT2D eigenvalue weighted by Crippen LogP contribution is 2.28. The molecule has 2 rings (SSSR count). The molecular weight excluding hydrogens is 200 g/mol. The molecule has 88 valence electrons. The van der Waals surface area contributed by atoms with Crippen LogP contribution in [-0.4, -0.2) is 32.8 Å². The van der Waals surface area contributed by atoms with Crippen LogP contribution in [0.3, 0.4) is 0 Å². The largest absolute Gasteiger partial charge is 0.383 e. The molecule has 1 aromatic rings. The molecule has 1 aromatic carbocycles. The van der Waals surface area contributed by atoms with Gasteiger partial charge in [0.1, 0.15) is 0 Å². The van der Waals surface area contributed by atoms with Crippen molar-refractivity contribution in [3.8, 4) is 0 Å². The zero-order chi connectivity index (χ0) is 11.4. The predicted octanol–water partition coefficient (Wildman–Crippen LogP) is 2.34. The summed E-state index contributed by atoms with van der Waals surface area (Å²) in [5, 5.41) is 3.46. The minimum Gasteiger partial charge on any atom is -0.383 e. The Morgan fingerprint density at radius 1 is 1.44 bits per heavy atom. The van der Waals surface area contributed by atoms with Gasteiger partial charge in [-0.05, 0) is 25.5 Å². The molecule has 0 amide bonds. The zero-order valence-electron chi connectivity index (χ0n) is 10.1. The molecule has 0 spiro atoms. The second-order valence-corrected chi connectivity index (χ2v) is 4.29. The van der Waals surface area contributed by atoms with E-state index in [0.29, 0.717) is 0 Å². The Morgan fingerprint density at radius 2 is 2.25 bits per heavy atom. The number of hydrogen-bond donors (Lipinski definition) is 1. The first-order valence-electron chi connectivity index (χ1n) is 5.92. The lowest BCUT2D eigenvalue weighted by atomic mass is 10.2. The fourth-order valence-corrected chi connectivity index (χ4v) is 2.09. The van der Waals surface area contributed by atoms with Crippen LogP contribution >= 0.6 is 0 Å². The van der Waals surface area contributed by atoms with E-state index >= 15 is 0 Å². The average Bonchev–Trinajstić information content (AvgIpc) is 2.52. The van der Waals surface area contributed by atoms with Crippen LogP contribution in [0.15, 0.2) is 24.3 Å². The van der Waals surface area contributed by atoms with Crippen LogP contribution < -0.4 is 10.2 Å². The van der Waals surface area contributed by atoms with Gasteiger partial charge in [0.15, 0.2) is 0 Å². The minimum atomic E-state index is 0.270. The molecule has 1 aliphatic rings. The van der Waals surface area contributed by atoms with Gasteiger partial charge in [0.25, 0.3) is 0 Å². The van der Waals surface area contributed by atoms with Gasteiger partial charge in [0.05, 0.1) is 17.5 Å². The Morgan fingerprint density at radius 3 is 3.06 bits per heavy atom. The number of fused-ring (bicyclic) bond motifs is 1. The van der Waals surface area contributed by atoms with E-state index in [9.17, 15) is 0 Å². The molecule has 0 fully saturated rings. The van der Waals surface area contributed by atoms with Gasteiger partial charge in [-0.25, -0.2) is 0 Å². The van der Waals surface area contributed by atoms with Crippen LogP contribution in [0.4, 0.5) is 11.4 Å². The van der Waals surface area contributed by atoms with Crippen molar-refractivity contribution in [1.82, 2.24) is 0 Å². The number of nitrogens with one attached hydrogen (secondary N) is 1. The second-order valence-electron chi connectivity index (χ2n) is 4.29. The normalized spacial score (nSPS) is 17.2. The van der Waals surface area contributed by atoms with Crippen LogP contribution in [0, 0.1) is 0 Å². The summed E-state index contributed by atoms with van der Waals surface area (Å²) in [6, 6.07) is 8.49. The molecule has 0 radical (unpaired) electrons. The van der Waals surface area contributed by atoms with Crippen molar-refractivity contribution in [2.75, 3.05) is 37.0 Å². The van der Waals surface area contributed by atoms with Crippen LogP contribution in [-0.2, 0) is 4.74 Å². The van der Waals surface area contributed by atoms with Crippen molar-refractivity contribution in [1.29, 1.82) is 0 Å². The Kier molecular flexibility index (Phi) is 3.67. The third-order valence-corrected chi connectivity index (χ3v) is 3.04. The molecule has 1 atom stereocenters. The van der Waals surface area contributed by atoms with E-state index in [1.165, 1.54) is 17.8 Å². The van der Waals surface area contributed by atoms with Crippen molar-refractivity contribution in [2.24, 2.45) is 0 Å². The van der Waals surface area contributed by atoms with Gasteiger partial charge < -0.3 is 15.0 Å². The Bertz CT molecular complexity index is 340. The van der Waals surface area contributed by atoms with E-state index in [-0.39, 0.29) is 6.10 Å². The van der Waals surface area contributed by atoms with Gasteiger partial charge in [0.2, 0.25) is 0 Å². The zero-order valence-corrected chi connectivity index (χ0v) is 10.1. The molecule has 1 aliphatic heterocycles. The summed E-state index contributed by atoms with van der Waals surface area (Å²) in [5.41, 5.74) is 2.53. The first-order valence-corrected chi connectivity index (χ1v) is 5.92. The number of methoxy groups -OCH3 is 1. The third-order valence-electron chi connectivity index (χ3n) is 3.04. The van der Waals surface area contributed by atoms with Crippen molar-refractivity contribution in [2.45, 2.75) is 19.4 Å². The van der Waals surface area contributed by atoms with Gasteiger partial charge >= 0.3 is 0 Å². The molecule has 1 heterocycles. The van der Waals surface area contributed by atoms with Crippen LogP contribution in [0.1, 0.15) is 13.3 Å². The van der Waals surface area contributed by atoms with Crippen molar-refractivity contribution >= 4 is 11.4 Å². The molecule has 0 saturated carbocycles. The summed E-state index contributed by atoms with van der Waals surface area (Å²) in [5.74, 6) is 0. The maximum absolute atomic E-state index is 5.35. The number of nitrogens with zero attached hydrogens (tertiary/aromatic N) is 1. The van der Waals surface area contributed by atoms with Gasteiger partial charge in [-0.15, -0.1) is 0 Å². The van der Waals surface area contributed by atoms with Crippen molar-refractivity contribution < 1.29 is 4.74 Å². The Hall–Kier alpha value is -1.22. The molecule has 0 aliphatic carbocycles. The standard InChI is InChI=1S/C13H20N2O/c1-11(16-2)10-15-9-5-8-14-12-6-3-4-7-13(12)15/h3-4,6-7,11,14H,5,8-10H2,1-2H3. The highest BCUT2D eigenvalue weighted by molar-refractivity contribution is 5.70. The predicted molar refractivity (Wildman–Crippen MR) is 68.2 cm³/mol. The van der Waals surface area contributed by atoms with E-state index < -0.39 is 0 Å². The second kappa shape index (κ2) is 5.21. The molecule has 1 unspecified atom stereocenters. The Balaban J connectivity index is 2.19. The smallest absolute Gasteiger partial charge is 0.0718 e. The molecule has 3 nitrogen and oxygen atoms in total. The van der Waals surface area contributed by atoms with Crippen LogP contribution in [0.2, 0.25) is 0 Å². The number of rotatable bonds is 3. The fraction of sp³-hybridized carbons (Fsp3) is 0.538. The number of para-hydroxylation sites is 2. The highest BCUT2D eigenvalue weighted by atomic mass is 16.5. The van der Waals surface area contributed by atoms with E-state index in [1.807, 2.05) is 0 Å². The molecule has 0 aromatic heterocycles. The molecule has 16 heavy (non-hydrogen) atoms. The maximum atomic E-state index is 5.35. The average molecular weight is 220 g/mol. The lowest BCUT2D eigenvalue weighted by Gasteiger charge is -2.26. The van der Waals surface area contributed by atoms with Crippen molar-refractivity contribution in [3.05, 3.63) is 24.3 Å². The minimum absolute atomic E-state index is 0.270. The monoisotopic (exact) mass is 220 g/mol. The summed E-state index contributed by atoms with van der Waals surface area (Å²) in [6.07, 6.45) is 1.44. The molecular formula is C13H20N2O. The molecule has 0 bridgehead atoms. The molecule has 1 N–H and O–H groups in total.